The second-order valence-electron chi connectivity index (χ2n) is 6.39. The van der Waals surface area contributed by atoms with Crippen molar-refractivity contribution in [1.82, 2.24) is 14.9 Å². The SMILES string of the molecule is CCc1nc(C)ccc1OCC(=O)N1CCCC[C@@H]1c1ccccn1. The summed E-state index contributed by atoms with van der Waals surface area (Å²) < 4.78 is 5.81. The first-order valence-electron chi connectivity index (χ1n) is 8.98. The molecule has 0 spiro atoms. The van der Waals surface area contributed by atoms with Crippen molar-refractivity contribution in [2.24, 2.45) is 0 Å². The third kappa shape index (κ3) is 4.16. The van der Waals surface area contributed by atoms with E-state index in [1.54, 1.807) is 6.20 Å². The Bertz CT molecular complexity index is 718. The first kappa shape index (κ1) is 17.4. The Hall–Kier alpha value is -2.43. The van der Waals surface area contributed by atoms with E-state index in [2.05, 4.69) is 9.97 Å². The van der Waals surface area contributed by atoms with Crippen LogP contribution >= 0.6 is 0 Å². The standard InChI is InChI=1S/C20H25N3O2/c1-3-16-19(11-10-15(2)22-16)25-14-20(24)23-13-7-5-9-18(23)17-8-4-6-12-21-17/h4,6,8,10-12,18H,3,5,7,9,13-14H2,1-2H3/t18-/m1/s1. The molecular formula is C20H25N3O2. The molecule has 0 aromatic carbocycles. The van der Waals surface area contributed by atoms with Gasteiger partial charge in [0.05, 0.1) is 17.4 Å². The van der Waals surface area contributed by atoms with Gasteiger partial charge in [0, 0.05) is 18.4 Å². The van der Waals surface area contributed by atoms with Gasteiger partial charge in [0.1, 0.15) is 5.75 Å². The summed E-state index contributed by atoms with van der Waals surface area (Å²) in [7, 11) is 0. The Morgan fingerprint density at radius 1 is 1.28 bits per heavy atom. The summed E-state index contributed by atoms with van der Waals surface area (Å²) in [6.45, 7) is 4.80. The molecule has 5 nitrogen and oxygen atoms in total. The number of hydrogen-bond donors (Lipinski definition) is 0. The highest BCUT2D eigenvalue weighted by molar-refractivity contribution is 5.78. The average molecular weight is 339 g/mol. The number of hydrogen-bond acceptors (Lipinski definition) is 4. The zero-order valence-corrected chi connectivity index (χ0v) is 14.9. The lowest BCUT2D eigenvalue weighted by atomic mass is 9.99. The van der Waals surface area contributed by atoms with Crippen molar-refractivity contribution >= 4 is 5.91 Å². The van der Waals surface area contributed by atoms with Crippen molar-refractivity contribution in [2.45, 2.75) is 45.6 Å². The molecule has 1 aliphatic heterocycles. The molecule has 3 rings (SSSR count). The van der Waals surface area contributed by atoms with Gasteiger partial charge in [-0.25, -0.2) is 0 Å². The molecule has 3 heterocycles. The van der Waals surface area contributed by atoms with Gasteiger partial charge in [-0.2, -0.15) is 0 Å². The zero-order chi connectivity index (χ0) is 17.6. The van der Waals surface area contributed by atoms with Crippen LogP contribution in [0.25, 0.3) is 0 Å². The first-order chi connectivity index (χ1) is 12.2. The van der Waals surface area contributed by atoms with Crippen molar-refractivity contribution < 1.29 is 9.53 Å². The second kappa shape index (κ2) is 8.10. The van der Waals surface area contributed by atoms with Crippen LogP contribution in [0.5, 0.6) is 5.75 Å². The molecule has 0 unspecified atom stereocenters. The van der Waals surface area contributed by atoms with E-state index in [9.17, 15) is 4.79 Å². The van der Waals surface area contributed by atoms with Crippen LogP contribution < -0.4 is 4.74 Å². The third-order valence-electron chi connectivity index (χ3n) is 4.61. The number of nitrogens with zero attached hydrogens (tertiary/aromatic N) is 3. The summed E-state index contributed by atoms with van der Waals surface area (Å²) >= 11 is 0. The van der Waals surface area contributed by atoms with Crippen molar-refractivity contribution in [1.29, 1.82) is 0 Å². The molecule has 2 aromatic rings. The van der Waals surface area contributed by atoms with Crippen LogP contribution in [0.1, 0.15) is 49.3 Å². The molecule has 0 saturated carbocycles. The van der Waals surface area contributed by atoms with Crippen LogP contribution in [0.2, 0.25) is 0 Å². The number of ether oxygens (including phenoxy) is 1. The first-order valence-corrected chi connectivity index (χ1v) is 8.98. The summed E-state index contributed by atoms with van der Waals surface area (Å²) in [6, 6.07) is 9.74. The Morgan fingerprint density at radius 2 is 2.16 bits per heavy atom. The Labute approximate surface area is 149 Å². The maximum Gasteiger partial charge on any atom is 0.261 e. The fraction of sp³-hybridized carbons (Fsp3) is 0.450. The van der Waals surface area contributed by atoms with Crippen molar-refractivity contribution in [3.05, 3.63) is 53.6 Å². The average Bonchev–Trinajstić information content (AvgIpc) is 2.67. The number of pyridine rings is 2. The molecule has 1 fully saturated rings. The highest BCUT2D eigenvalue weighted by Gasteiger charge is 2.29. The predicted molar refractivity (Wildman–Crippen MR) is 96.4 cm³/mol. The number of aryl methyl sites for hydroxylation is 2. The number of carbonyl (C=O) groups excluding carboxylic acids is 1. The lowest BCUT2D eigenvalue weighted by molar-refractivity contribution is -0.137. The minimum Gasteiger partial charge on any atom is -0.482 e. The number of aromatic nitrogens is 2. The molecule has 132 valence electrons. The van der Waals surface area contributed by atoms with Crippen molar-refractivity contribution in [3.63, 3.8) is 0 Å². The van der Waals surface area contributed by atoms with E-state index in [0.29, 0.717) is 5.75 Å². The maximum atomic E-state index is 12.8. The molecule has 1 aliphatic rings. The number of rotatable bonds is 5. The summed E-state index contributed by atoms with van der Waals surface area (Å²) in [4.78, 5) is 23.6. The largest absolute Gasteiger partial charge is 0.482 e. The molecule has 5 heteroatoms. The van der Waals surface area contributed by atoms with Gasteiger partial charge in [0.15, 0.2) is 6.61 Å². The Balaban J connectivity index is 1.69. The lowest BCUT2D eigenvalue weighted by Gasteiger charge is -2.35. The normalized spacial score (nSPS) is 17.4. The smallest absolute Gasteiger partial charge is 0.261 e. The number of carbonyl (C=O) groups is 1. The molecule has 25 heavy (non-hydrogen) atoms. The van der Waals surface area contributed by atoms with Crippen LogP contribution in [0.15, 0.2) is 36.5 Å². The maximum absolute atomic E-state index is 12.8. The van der Waals surface area contributed by atoms with Gasteiger partial charge in [0.2, 0.25) is 0 Å². The fourth-order valence-electron chi connectivity index (χ4n) is 3.32. The summed E-state index contributed by atoms with van der Waals surface area (Å²) in [6.07, 6.45) is 5.67. The van der Waals surface area contributed by atoms with E-state index in [0.717, 1.165) is 49.3 Å². The quantitative estimate of drug-likeness (QED) is 0.837. The van der Waals surface area contributed by atoms with Crippen LogP contribution in [0.4, 0.5) is 0 Å². The van der Waals surface area contributed by atoms with E-state index in [1.807, 2.05) is 49.1 Å². The van der Waals surface area contributed by atoms with Crippen molar-refractivity contribution in [2.75, 3.05) is 13.2 Å². The third-order valence-corrected chi connectivity index (χ3v) is 4.61. The molecule has 1 amide bonds. The van der Waals surface area contributed by atoms with Crippen LogP contribution in [-0.4, -0.2) is 33.9 Å². The Morgan fingerprint density at radius 3 is 2.92 bits per heavy atom. The molecule has 1 atom stereocenters. The molecule has 0 N–H and O–H groups in total. The minimum absolute atomic E-state index is 0.0120. The predicted octanol–water partition coefficient (Wildman–Crippen LogP) is 3.48. The number of piperidine rings is 1. The van der Waals surface area contributed by atoms with Crippen LogP contribution in [0, 0.1) is 6.92 Å². The highest BCUT2D eigenvalue weighted by Crippen LogP contribution is 2.29. The van der Waals surface area contributed by atoms with Gasteiger partial charge >= 0.3 is 0 Å². The molecule has 0 aliphatic carbocycles. The fourth-order valence-corrected chi connectivity index (χ4v) is 3.32. The molecule has 1 saturated heterocycles. The van der Waals surface area contributed by atoms with Crippen molar-refractivity contribution in [3.8, 4) is 5.75 Å². The highest BCUT2D eigenvalue weighted by atomic mass is 16.5. The van der Waals surface area contributed by atoms with E-state index >= 15 is 0 Å². The van der Waals surface area contributed by atoms with E-state index in [-0.39, 0.29) is 18.6 Å². The Kier molecular flexibility index (Phi) is 5.64. The van der Waals surface area contributed by atoms with E-state index < -0.39 is 0 Å². The van der Waals surface area contributed by atoms with Gasteiger partial charge in [-0.1, -0.05) is 13.0 Å². The minimum atomic E-state index is 0.0120. The van der Waals surface area contributed by atoms with Crippen LogP contribution in [0.3, 0.4) is 0 Å². The lowest BCUT2D eigenvalue weighted by Crippen LogP contribution is -2.41. The molecule has 0 bridgehead atoms. The van der Waals surface area contributed by atoms with Gasteiger partial charge in [-0.05, 0) is 56.9 Å². The second-order valence-corrected chi connectivity index (χ2v) is 6.39. The van der Waals surface area contributed by atoms with Gasteiger partial charge in [0.25, 0.3) is 5.91 Å². The zero-order valence-electron chi connectivity index (χ0n) is 14.9. The molecule has 2 aromatic heterocycles. The molecular weight excluding hydrogens is 314 g/mol. The number of likely N-dealkylation sites (tertiary alicyclic amines) is 1. The van der Waals surface area contributed by atoms with Gasteiger partial charge in [-0.3, -0.25) is 14.8 Å². The monoisotopic (exact) mass is 339 g/mol. The summed E-state index contributed by atoms with van der Waals surface area (Å²) in [5, 5.41) is 0. The number of amides is 1. The topological polar surface area (TPSA) is 55.3 Å². The van der Waals surface area contributed by atoms with Crippen LogP contribution in [-0.2, 0) is 11.2 Å². The van der Waals surface area contributed by atoms with Gasteiger partial charge < -0.3 is 9.64 Å². The van der Waals surface area contributed by atoms with Gasteiger partial charge in [-0.15, -0.1) is 0 Å². The van der Waals surface area contributed by atoms with E-state index in [4.69, 9.17) is 4.74 Å². The molecule has 0 radical (unpaired) electrons. The summed E-state index contributed by atoms with van der Waals surface area (Å²) in [5.41, 5.74) is 2.82. The van der Waals surface area contributed by atoms with E-state index in [1.165, 1.54) is 0 Å². The summed E-state index contributed by atoms with van der Waals surface area (Å²) in [5.74, 6) is 0.714.